The monoisotopic (exact) mass is 288 g/mol. The van der Waals surface area contributed by atoms with Crippen LogP contribution in [0.2, 0.25) is 0 Å². The Hall–Kier alpha value is -2.14. The lowest BCUT2D eigenvalue weighted by Crippen LogP contribution is -2.08. The van der Waals surface area contributed by atoms with Crippen molar-refractivity contribution in [1.29, 1.82) is 0 Å². The Bertz CT molecular complexity index is 622. The molecule has 2 aromatic rings. The van der Waals surface area contributed by atoms with Gasteiger partial charge < -0.3 is 9.64 Å². The van der Waals surface area contributed by atoms with Gasteiger partial charge in [-0.15, -0.1) is 11.3 Å². The first-order valence-corrected chi connectivity index (χ1v) is 7.10. The molecule has 5 heteroatoms. The van der Waals surface area contributed by atoms with Crippen LogP contribution in [0.15, 0.2) is 40.7 Å². The molecule has 0 radical (unpaired) electrons. The highest BCUT2D eigenvalue weighted by atomic mass is 32.1. The molecular weight excluding hydrogens is 272 g/mol. The van der Waals surface area contributed by atoms with Gasteiger partial charge in [0.15, 0.2) is 0 Å². The first-order chi connectivity index (χ1) is 9.67. The van der Waals surface area contributed by atoms with Gasteiger partial charge in [-0.2, -0.15) is 0 Å². The summed E-state index contributed by atoms with van der Waals surface area (Å²) in [6.45, 7) is 5.75. The van der Waals surface area contributed by atoms with E-state index in [-0.39, 0.29) is 5.97 Å². The van der Waals surface area contributed by atoms with Crippen molar-refractivity contribution >= 4 is 41.1 Å². The van der Waals surface area contributed by atoms with Gasteiger partial charge in [-0.3, -0.25) is 4.99 Å². The number of anilines is 2. The van der Waals surface area contributed by atoms with Gasteiger partial charge in [-0.05, 0) is 31.8 Å². The molecule has 0 saturated carbocycles. The molecule has 0 fully saturated rings. The molecule has 0 unspecified atom stereocenters. The molecule has 0 aliphatic heterocycles. The predicted octanol–water partition coefficient (Wildman–Crippen LogP) is 4.02. The van der Waals surface area contributed by atoms with Crippen molar-refractivity contribution in [2.75, 3.05) is 18.6 Å². The summed E-state index contributed by atoms with van der Waals surface area (Å²) in [5, 5.41) is 1.92. The zero-order chi connectivity index (χ0) is 14.5. The summed E-state index contributed by atoms with van der Waals surface area (Å²) >= 11 is 1.37. The van der Waals surface area contributed by atoms with Crippen molar-refractivity contribution in [3.8, 4) is 0 Å². The summed E-state index contributed by atoms with van der Waals surface area (Å²) in [6, 6.07) is 9.55. The summed E-state index contributed by atoms with van der Waals surface area (Å²) in [7, 11) is 1.93. The molecule has 1 aromatic heterocycles. The molecule has 2 rings (SSSR count). The number of carbonyl (C=O) groups excluding carboxylic acids is 1. The Morgan fingerprint density at radius 2 is 2.20 bits per heavy atom. The van der Waals surface area contributed by atoms with Crippen LogP contribution in [-0.2, 0) is 4.74 Å². The second-order valence-electron chi connectivity index (χ2n) is 4.10. The Kier molecular flexibility index (Phi) is 4.53. The minimum atomic E-state index is -0.285. The number of benzene rings is 1. The maximum atomic E-state index is 11.7. The second-order valence-corrected chi connectivity index (χ2v) is 5.01. The quantitative estimate of drug-likeness (QED) is 0.616. The van der Waals surface area contributed by atoms with Gasteiger partial charge in [0.1, 0.15) is 4.88 Å². The number of aliphatic imine (C=N–C) groups is 1. The number of para-hydroxylation sites is 2. The van der Waals surface area contributed by atoms with Crippen LogP contribution in [0.5, 0.6) is 0 Å². The van der Waals surface area contributed by atoms with Crippen LogP contribution >= 0.6 is 11.3 Å². The summed E-state index contributed by atoms with van der Waals surface area (Å²) in [4.78, 5) is 18.3. The van der Waals surface area contributed by atoms with Crippen LogP contribution in [0, 0.1) is 0 Å². The van der Waals surface area contributed by atoms with E-state index in [9.17, 15) is 4.79 Å². The van der Waals surface area contributed by atoms with E-state index in [1.165, 1.54) is 11.3 Å². The van der Waals surface area contributed by atoms with E-state index >= 15 is 0 Å². The number of rotatable bonds is 5. The first kappa shape index (κ1) is 14.3. The fraction of sp³-hybridized carbons (Fsp3) is 0.200. The highest BCUT2D eigenvalue weighted by Gasteiger charge is 2.14. The van der Waals surface area contributed by atoms with Crippen LogP contribution in [0.25, 0.3) is 0 Å². The predicted molar refractivity (Wildman–Crippen MR) is 84.0 cm³/mol. The number of hydrogen-bond donors (Lipinski definition) is 0. The molecule has 20 heavy (non-hydrogen) atoms. The van der Waals surface area contributed by atoms with E-state index in [4.69, 9.17) is 4.74 Å². The van der Waals surface area contributed by atoms with Crippen LogP contribution in [0.4, 0.5) is 17.1 Å². The standard InChI is InChI=1S/C15H16N2O2S/c1-4-19-15(18)14-9-11(10-20-14)17(3)13-8-6-5-7-12(13)16-2/h5-10H,2,4H2,1,3H3. The molecule has 0 amide bonds. The van der Waals surface area contributed by atoms with Crippen molar-refractivity contribution in [3.63, 3.8) is 0 Å². The van der Waals surface area contributed by atoms with Crippen molar-refractivity contribution in [3.05, 3.63) is 40.6 Å². The Morgan fingerprint density at radius 3 is 2.90 bits per heavy atom. The lowest BCUT2D eigenvalue weighted by atomic mass is 10.2. The largest absolute Gasteiger partial charge is 0.462 e. The van der Waals surface area contributed by atoms with E-state index in [2.05, 4.69) is 11.7 Å². The number of nitrogens with zero attached hydrogens (tertiary/aromatic N) is 2. The van der Waals surface area contributed by atoms with Crippen molar-refractivity contribution in [2.24, 2.45) is 4.99 Å². The number of hydrogen-bond acceptors (Lipinski definition) is 5. The Morgan fingerprint density at radius 1 is 1.45 bits per heavy atom. The van der Waals surface area contributed by atoms with E-state index in [1.807, 2.05) is 47.7 Å². The summed E-state index contributed by atoms with van der Waals surface area (Å²) in [6.07, 6.45) is 0. The molecule has 0 spiro atoms. The zero-order valence-corrected chi connectivity index (χ0v) is 12.3. The highest BCUT2D eigenvalue weighted by molar-refractivity contribution is 7.12. The van der Waals surface area contributed by atoms with Gasteiger partial charge in [-0.25, -0.2) is 4.79 Å². The molecular formula is C15H16N2O2S. The molecule has 0 aliphatic rings. The summed E-state index contributed by atoms with van der Waals surface area (Å²) < 4.78 is 5.00. The van der Waals surface area contributed by atoms with E-state index in [1.54, 1.807) is 6.92 Å². The van der Waals surface area contributed by atoms with Gasteiger partial charge >= 0.3 is 5.97 Å². The van der Waals surface area contributed by atoms with E-state index < -0.39 is 0 Å². The maximum Gasteiger partial charge on any atom is 0.348 e. The lowest BCUT2D eigenvalue weighted by molar-refractivity contribution is 0.0532. The van der Waals surface area contributed by atoms with Crippen LogP contribution in [0.1, 0.15) is 16.6 Å². The van der Waals surface area contributed by atoms with E-state index in [0.29, 0.717) is 11.5 Å². The number of thiophene rings is 1. The average Bonchev–Trinajstić information content (AvgIpc) is 2.96. The minimum absolute atomic E-state index is 0.285. The molecule has 1 heterocycles. The Balaban J connectivity index is 2.27. The molecule has 0 N–H and O–H groups in total. The topological polar surface area (TPSA) is 41.9 Å². The van der Waals surface area contributed by atoms with Crippen molar-refractivity contribution < 1.29 is 9.53 Å². The molecule has 0 saturated heterocycles. The average molecular weight is 288 g/mol. The zero-order valence-electron chi connectivity index (χ0n) is 11.5. The van der Waals surface area contributed by atoms with Crippen molar-refractivity contribution in [2.45, 2.75) is 6.92 Å². The third-order valence-corrected chi connectivity index (χ3v) is 3.76. The van der Waals surface area contributed by atoms with Gasteiger partial charge in [0.25, 0.3) is 0 Å². The highest BCUT2D eigenvalue weighted by Crippen LogP contribution is 2.34. The molecule has 0 atom stereocenters. The third-order valence-electron chi connectivity index (χ3n) is 2.86. The number of esters is 1. The van der Waals surface area contributed by atoms with Gasteiger partial charge in [-0.1, -0.05) is 12.1 Å². The minimum Gasteiger partial charge on any atom is -0.462 e. The number of carbonyl (C=O) groups is 1. The normalized spacial score (nSPS) is 10.1. The van der Waals surface area contributed by atoms with Gasteiger partial charge in [0, 0.05) is 12.4 Å². The Labute approximate surface area is 122 Å². The van der Waals surface area contributed by atoms with Gasteiger partial charge in [0.2, 0.25) is 0 Å². The molecule has 0 aliphatic carbocycles. The summed E-state index contributed by atoms with van der Waals surface area (Å²) in [5.41, 5.74) is 2.67. The van der Waals surface area contributed by atoms with Crippen LogP contribution < -0.4 is 4.90 Å². The lowest BCUT2D eigenvalue weighted by Gasteiger charge is -2.19. The van der Waals surface area contributed by atoms with Crippen LogP contribution in [0.3, 0.4) is 0 Å². The van der Waals surface area contributed by atoms with Crippen LogP contribution in [-0.4, -0.2) is 26.3 Å². The molecule has 0 bridgehead atoms. The van der Waals surface area contributed by atoms with E-state index in [0.717, 1.165) is 17.1 Å². The van der Waals surface area contributed by atoms with Crippen molar-refractivity contribution in [1.82, 2.24) is 0 Å². The molecule has 4 nitrogen and oxygen atoms in total. The number of ether oxygens (including phenoxy) is 1. The third kappa shape index (κ3) is 2.88. The molecule has 1 aromatic carbocycles. The van der Waals surface area contributed by atoms with Gasteiger partial charge in [0.05, 0.1) is 23.7 Å². The maximum absolute atomic E-state index is 11.7. The fourth-order valence-electron chi connectivity index (χ4n) is 1.83. The first-order valence-electron chi connectivity index (χ1n) is 6.22. The summed E-state index contributed by atoms with van der Waals surface area (Å²) in [5.74, 6) is -0.285. The molecule has 104 valence electrons. The smallest absolute Gasteiger partial charge is 0.348 e. The fourth-order valence-corrected chi connectivity index (χ4v) is 2.65. The SMILES string of the molecule is C=Nc1ccccc1N(C)c1csc(C(=O)OCC)c1. The second kappa shape index (κ2) is 6.34.